The number of rotatable bonds is 5. The van der Waals surface area contributed by atoms with Crippen LogP contribution in [0.4, 0.5) is 0 Å². The van der Waals surface area contributed by atoms with Gasteiger partial charge in [-0.25, -0.2) is 0 Å². The molecule has 0 radical (unpaired) electrons. The van der Waals surface area contributed by atoms with E-state index >= 15 is 0 Å². The Morgan fingerprint density at radius 3 is 2.47 bits per heavy atom. The average Bonchev–Trinajstić information content (AvgIpc) is 2.27. The summed E-state index contributed by atoms with van der Waals surface area (Å²) in [7, 11) is 0. The molecule has 1 unspecified atom stereocenters. The van der Waals surface area contributed by atoms with Gasteiger partial charge in [-0.1, -0.05) is 72.6 Å². The number of unbranched alkanes of at least 4 members (excludes halogenated alkanes) is 1. The van der Waals surface area contributed by atoms with E-state index < -0.39 is 5.60 Å². The van der Waals surface area contributed by atoms with Gasteiger partial charge in [0, 0.05) is 4.48 Å². The van der Waals surface area contributed by atoms with Gasteiger partial charge in [0.25, 0.3) is 0 Å². The lowest BCUT2D eigenvalue weighted by Crippen LogP contribution is -2.25. The van der Waals surface area contributed by atoms with E-state index in [4.69, 9.17) is 0 Å². The summed E-state index contributed by atoms with van der Waals surface area (Å²) < 4.78 is 0.634. The second-order valence-electron chi connectivity index (χ2n) is 3.73. The highest BCUT2D eigenvalue weighted by Crippen LogP contribution is 2.36. The van der Waals surface area contributed by atoms with Crippen LogP contribution < -0.4 is 0 Å². The number of aliphatic hydroxyl groups is 1. The molecule has 2 heteroatoms. The van der Waals surface area contributed by atoms with Crippen molar-refractivity contribution in [1.82, 2.24) is 0 Å². The van der Waals surface area contributed by atoms with Gasteiger partial charge in [-0.3, -0.25) is 0 Å². The molecule has 0 amide bonds. The molecule has 0 aliphatic carbocycles. The van der Waals surface area contributed by atoms with Crippen LogP contribution in [0.1, 0.15) is 31.7 Å². The minimum Gasteiger partial charge on any atom is -0.380 e. The number of hydrogen-bond acceptors (Lipinski definition) is 1. The van der Waals surface area contributed by atoms with E-state index in [1.165, 1.54) is 0 Å². The maximum atomic E-state index is 10.5. The van der Waals surface area contributed by atoms with E-state index in [2.05, 4.69) is 29.4 Å². The van der Waals surface area contributed by atoms with Gasteiger partial charge in [-0.05, 0) is 12.0 Å². The van der Waals surface area contributed by atoms with Gasteiger partial charge in [-0.15, -0.1) is 0 Å². The summed E-state index contributed by atoms with van der Waals surface area (Å²) in [4.78, 5) is 0. The van der Waals surface area contributed by atoms with Crippen molar-refractivity contribution in [3.8, 4) is 0 Å². The third kappa shape index (κ3) is 2.93. The standard InChI is InChI=1S/C13H17BrO/c1-3-4-10-13(15,11(2)14)12-8-6-5-7-9-12/h5-9,15H,2-4,10H2,1H3. The fourth-order valence-electron chi connectivity index (χ4n) is 1.58. The zero-order valence-electron chi connectivity index (χ0n) is 9.04. The molecule has 82 valence electrons. The predicted octanol–water partition coefficient (Wildman–Crippen LogP) is 3.97. The van der Waals surface area contributed by atoms with Gasteiger partial charge in [0.05, 0.1) is 0 Å². The molecular formula is C13H17BrO. The molecule has 1 aromatic rings. The van der Waals surface area contributed by atoms with Gasteiger partial charge >= 0.3 is 0 Å². The lowest BCUT2D eigenvalue weighted by molar-refractivity contribution is 0.0741. The van der Waals surface area contributed by atoms with E-state index in [1.807, 2.05) is 30.3 Å². The van der Waals surface area contributed by atoms with Gasteiger partial charge in [-0.2, -0.15) is 0 Å². The minimum atomic E-state index is -0.933. The lowest BCUT2D eigenvalue weighted by Gasteiger charge is -2.28. The van der Waals surface area contributed by atoms with Crippen molar-refractivity contribution in [3.05, 3.63) is 47.0 Å². The van der Waals surface area contributed by atoms with Crippen LogP contribution in [0.3, 0.4) is 0 Å². The van der Waals surface area contributed by atoms with Crippen LogP contribution in [0.5, 0.6) is 0 Å². The number of benzene rings is 1. The Balaban J connectivity index is 2.96. The van der Waals surface area contributed by atoms with E-state index in [9.17, 15) is 5.11 Å². The fourth-order valence-corrected chi connectivity index (χ4v) is 2.01. The van der Waals surface area contributed by atoms with Crippen molar-refractivity contribution >= 4 is 15.9 Å². The third-order valence-corrected chi connectivity index (χ3v) is 3.25. The highest BCUT2D eigenvalue weighted by Gasteiger charge is 2.30. The smallest absolute Gasteiger partial charge is 0.120 e. The van der Waals surface area contributed by atoms with Crippen molar-refractivity contribution < 1.29 is 5.11 Å². The van der Waals surface area contributed by atoms with Gasteiger partial charge in [0.15, 0.2) is 0 Å². The molecule has 1 aromatic carbocycles. The quantitative estimate of drug-likeness (QED) is 0.857. The lowest BCUT2D eigenvalue weighted by atomic mass is 9.89. The molecule has 0 aliphatic heterocycles. The largest absolute Gasteiger partial charge is 0.380 e. The fraction of sp³-hybridized carbons (Fsp3) is 0.385. The highest BCUT2D eigenvalue weighted by molar-refractivity contribution is 9.11. The minimum absolute atomic E-state index is 0.634. The molecule has 0 saturated carbocycles. The molecule has 1 N–H and O–H groups in total. The summed E-state index contributed by atoms with van der Waals surface area (Å²) >= 11 is 3.32. The van der Waals surface area contributed by atoms with Gasteiger partial charge < -0.3 is 5.11 Å². The Kier molecular flexibility index (Phi) is 4.55. The molecule has 1 rings (SSSR count). The van der Waals surface area contributed by atoms with Crippen LogP contribution in [-0.2, 0) is 5.60 Å². The van der Waals surface area contributed by atoms with Crippen LogP contribution in [0.25, 0.3) is 0 Å². The molecule has 0 saturated heterocycles. The molecule has 0 heterocycles. The second kappa shape index (κ2) is 5.47. The molecule has 1 atom stereocenters. The molecule has 1 nitrogen and oxygen atoms in total. The highest BCUT2D eigenvalue weighted by atomic mass is 79.9. The summed E-state index contributed by atoms with van der Waals surface area (Å²) in [5.41, 5.74) is -0.0302. The first kappa shape index (κ1) is 12.5. The van der Waals surface area contributed by atoms with Crippen molar-refractivity contribution in [2.45, 2.75) is 31.8 Å². The van der Waals surface area contributed by atoms with E-state index in [0.29, 0.717) is 10.9 Å². The van der Waals surface area contributed by atoms with Crippen LogP contribution in [0, 0.1) is 0 Å². The monoisotopic (exact) mass is 268 g/mol. The van der Waals surface area contributed by atoms with Crippen LogP contribution in [0.2, 0.25) is 0 Å². The van der Waals surface area contributed by atoms with Crippen molar-refractivity contribution in [2.75, 3.05) is 0 Å². The van der Waals surface area contributed by atoms with Crippen molar-refractivity contribution in [3.63, 3.8) is 0 Å². The summed E-state index contributed by atoms with van der Waals surface area (Å²) in [6.45, 7) is 5.94. The molecule has 0 aliphatic rings. The third-order valence-electron chi connectivity index (χ3n) is 2.59. The Labute approximate surface area is 100.0 Å². The Hall–Kier alpha value is -0.600. The van der Waals surface area contributed by atoms with E-state index in [1.54, 1.807) is 0 Å². The maximum Gasteiger partial charge on any atom is 0.120 e. The van der Waals surface area contributed by atoms with Gasteiger partial charge in [0.1, 0.15) is 5.60 Å². The van der Waals surface area contributed by atoms with Crippen LogP contribution in [-0.4, -0.2) is 5.11 Å². The predicted molar refractivity (Wildman–Crippen MR) is 67.9 cm³/mol. The number of hydrogen-bond donors (Lipinski definition) is 1. The van der Waals surface area contributed by atoms with E-state index in [-0.39, 0.29) is 0 Å². The van der Waals surface area contributed by atoms with Crippen LogP contribution >= 0.6 is 15.9 Å². The molecular weight excluding hydrogens is 252 g/mol. The van der Waals surface area contributed by atoms with Crippen molar-refractivity contribution in [2.24, 2.45) is 0 Å². The Morgan fingerprint density at radius 1 is 1.40 bits per heavy atom. The SMILES string of the molecule is C=C(Br)C(O)(CCCC)c1ccccc1. The molecule has 0 aromatic heterocycles. The summed E-state index contributed by atoms with van der Waals surface area (Å²) in [5.74, 6) is 0. The summed E-state index contributed by atoms with van der Waals surface area (Å²) in [6, 6.07) is 9.68. The zero-order valence-corrected chi connectivity index (χ0v) is 10.6. The maximum absolute atomic E-state index is 10.5. The van der Waals surface area contributed by atoms with Gasteiger partial charge in [0.2, 0.25) is 0 Å². The first-order valence-electron chi connectivity index (χ1n) is 5.24. The molecule has 0 spiro atoms. The van der Waals surface area contributed by atoms with Crippen molar-refractivity contribution in [1.29, 1.82) is 0 Å². The normalized spacial score (nSPS) is 14.6. The van der Waals surface area contributed by atoms with Crippen LogP contribution in [0.15, 0.2) is 41.4 Å². The topological polar surface area (TPSA) is 20.2 Å². The first-order valence-corrected chi connectivity index (χ1v) is 6.03. The molecule has 0 fully saturated rings. The Morgan fingerprint density at radius 2 is 2.00 bits per heavy atom. The molecule has 15 heavy (non-hydrogen) atoms. The van der Waals surface area contributed by atoms with E-state index in [0.717, 1.165) is 18.4 Å². The average molecular weight is 269 g/mol. The summed E-state index contributed by atoms with van der Waals surface area (Å²) in [6.07, 6.45) is 2.75. The molecule has 0 bridgehead atoms. The second-order valence-corrected chi connectivity index (χ2v) is 4.69. The zero-order chi connectivity index (χ0) is 11.3. The number of halogens is 1. The summed E-state index contributed by atoms with van der Waals surface area (Å²) in [5, 5.41) is 10.5. The Bertz CT molecular complexity index is 321. The first-order chi connectivity index (χ1) is 7.11.